The third-order valence-corrected chi connectivity index (χ3v) is 6.08. The van der Waals surface area contributed by atoms with Crippen molar-refractivity contribution in [1.29, 1.82) is 0 Å². The summed E-state index contributed by atoms with van der Waals surface area (Å²) in [5.41, 5.74) is -1.13. The molecule has 1 aromatic rings. The molecule has 1 fully saturated rings. The van der Waals surface area contributed by atoms with Crippen molar-refractivity contribution in [3.05, 3.63) is 29.6 Å². The molecule has 1 atom stereocenters. The highest BCUT2D eigenvalue weighted by atomic mass is 32.2. The number of rotatable bonds is 12. The Morgan fingerprint density at radius 1 is 1.39 bits per heavy atom. The number of nitrogens with one attached hydrogen (secondary N) is 1. The minimum Gasteiger partial charge on any atom is -0.490 e. The van der Waals surface area contributed by atoms with Crippen molar-refractivity contribution in [2.45, 2.75) is 45.1 Å². The first-order valence-electron chi connectivity index (χ1n) is 9.41. The predicted octanol–water partition coefficient (Wildman–Crippen LogP) is 2.08. The molecule has 9 heteroatoms. The lowest BCUT2D eigenvalue weighted by molar-refractivity contribution is -0.140. The van der Waals surface area contributed by atoms with Crippen molar-refractivity contribution in [3.8, 4) is 5.75 Å². The molecule has 1 unspecified atom stereocenters. The lowest BCUT2D eigenvalue weighted by Crippen LogP contribution is -2.41. The van der Waals surface area contributed by atoms with Gasteiger partial charge in [0.25, 0.3) is 0 Å². The van der Waals surface area contributed by atoms with E-state index in [0.717, 1.165) is 12.8 Å². The molecule has 0 spiro atoms. The van der Waals surface area contributed by atoms with Gasteiger partial charge in [-0.15, -0.1) is 0 Å². The van der Waals surface area contributed by atoms with Crippen molar-refractivity contribution < 1.29 is 32.2 Å². The fraction of sp³-hybridized carbons (Fsp3) is 0.632. The second-order valence-electron chi connectivity index (χ2n) is 7.12. The molecule has 0 amide bonds. The van der Waals surface area contributed by atoms with Crippen molar-refractivity contribution in [2.75, 3.05) is 25.5 Å². The SMILES string of the molecule is CCC(O)(CNS(=O)(=O)CCCOC(C)=O)c1ccc(F)c(OCC2CC2)c1. The van der Waals surface area contributed by atoms with Gasteiger partial charge >= 0.3 is 5.97 Å². The van der Waals surface area contributed by atoms with Crippen molar-refractivity contribution in [2.24, 2.45) is 5.92 Å². The number of benzene rings is 1. The van der Waals surface area contributed by atoms with Crippen LogP contribution in [0.15, 0.2) is 18.2 Å². The summed E-state index contributed by atoms with van der Waals surface area (Å²) in [7, 11) is -3.67. The Bertz CT molecular complexity index is 781. The number of esters is 1. The minimum atomic E-state index is -3.67. The van der Waals surface area contributed by atoms with Crippen LogP contribution in [-0.4, -0.2) is 45.0 Å². The number of sulfonamides is 1. The quantitative estimate of drug-likeness (QED) is 0.399. The van der Waals surface area contributed by atoms with Crippen LogP contribution in [0.25, 0.3) is 0 Å². The summed E-state index contributed by atoms with van der Waals surface area (Å²) >= 11 is 0. The number of carbonyl (C=O) groups excluding carboxylic acids is 1. The van der Waals surface area contributed by atoms with E-state index < -0.39 is 27.4 Å². The van der Waals surface area contributed by atoms with Crippen LogP contribution in [0.5, 0.6) is 5.75 Å². The molecular weight excluding hydrogens is 389 g/mol. The van der Waals surface area contributed by atoms with Crippen molar-refractivity contribution in [1.82, 2.24) is 4.72 Å². The maximum Gasteiger partial charge on any atom is 0.302 e. The standard InChI is InChI=1S/C19H28FNO6S/c1-3-19(23,13-21-28(24,25)10-4-9-26-14(2)22)16-7-8-17(20)18(11-16)27-12-15-5-6-15/h7-8,11,15,21,23H,3-6,9-10,12-13H2,1-2H3. The first-order chi connectivity index (χ1) is 13.1. The Kier molecular flexibility index (Phi) is 7.79. The molecule has 2 N–H and O–H groups in total. The highest BCUT2D eigenvalue weighted by molar-refractivity contribution is 7.89. The van der Waals surface area contributed by atoms with Gasteiger partial charge in [-0.05, 0) is 49.3 Å². The maximum atomic E-state index is 14.0. The highest BCUT2D eigenvalue weighted by Crippen LogP contribution is 2.32. The summed E-state index contributed by atoms with van der Waals surface area (Å²) < 4.78 is 50.8. The van der Waals surface area contributed by atoms with E-state index in [1.165, 1.54) is 25.1 Å². The van der Waals surface area contributed by atoms with E-state index in [9.17, 15) is 22.7 Å². The third-order valence-electron chi connectivity index (χ3n) is 4.67. The fourth-order valence-corrected chi connectivity index (χ4v) is 3.69. The zero-order valence-electron chi connectivity index (χ0n) is 16.2. The zero-order chi connectivity index (χ0) is 20.8. The number of carbonyl (C=O) groups is 1. The van der Waals surface area contributed by atoms with Gasteiger partial charge < -0.3 is 14.6 Å². The second-order valence-corrected chi connectivity index (χ2v) is 9.04. The lowest BCUT2D eigenvalue weighted by Gasteiger charge is -2.28. The van der Waals surface area contributed by atoms with Gasteiger partial charge in [0.15, 0.2) is 11.6 Å². The molecule has 1 aromatic carbocycles. The van der Waals surface area contributed by atoms with E-state index in [2.05, 4.69) is 4.72 Å². The summed E-state index contributed by atoms with van der Waals surface area (Å²) in [6.45, 7) is 3.14. The summed E-state index contributed by atoms with van der Waals surface area (Å²) in [6, 6.07) is 4.07. The van der Waals surface area contributed by atoms with Crippen LogP contribution in [0, 0.1) is 11.7 Å². The van der Waals surface area contributed by atoms with E-state index >= 15 is 0 Å². The second kappa shape index (κ2) is 9.67. The van der Waals surface area contributed by atoms with Crippen molar-refractivity contribution in [3.63, 3.8) is 0 Å². The van der Waals surface area contributed by atoms with E-state index in [4.69, 9.17) is 9.47 Å². The zero-order valence-corrected chi connectivity index (χ0v) is 17.1. The van der Waals surface area contributed by atoms with Crippen LogP contribution in [0.2, 0.25) is 0 Å². The predicted molar refractivity (Wildman–Crippen MR) is 102 cm³/mol. The van der Waals surface area contributed by atoms with Gasteiger partial charge in [0.2, 0.25) is 10.0 Å². The molecule has 0 heterocycles. The number of halogens is 1. The summed E-state index contributed by atoms with van der Waals surface area (Å²) in [6.07, 6.45) is 2.50. The Morgan fingerprint density at radius 2 is 2.11 bits per heavy atom. The number of hydrogen-bond donors (Lipinski definition) is 2. The Hall–Kier alpha value is -1.71. The summed E-state index contributed by atoms with van der Waals surface area (Å²) in [4.78, 5) is 10.7. The normalized spacial score (nSPS) is 16.4. The molecule has 0 radical (unpaired) electrons. The molecular formula is C19H28FNO6S. The van der Waals surface area contributed by atoms with E-state index in [1.54, 1.807) is 6.92 Å². The minimum absolute atomic E-state index is 0.00788. The monoisotopic (exact) mass is 417 g/mol. The summed E-state index contributed by atoms with van der Waals surface area (Å²) in [5, 5.41) is 10.9. The van der Waals surface area contributed by atoms with Gasteiger partial charge in [0.1, 0.15) is 5.60 Å². The van der Waals surface area contributed by atoms with E-state index in [0.29, 0.717) is 18.1 Å². The molecule has 158 valence electrons. The number of hydrogen-bond acceptors (Lipinski definition) is 6. The number of ether oxygens (including phenoxy) is 2. The van der Waals surface area contributed by atoms with Crippen LogP contribution < -0.4 is 9.46 Å². The fourth-order valence-electron chi connectivity index (χ4n) is 2.59. The first kappa shape index (κ1) is 22.6. The molecule has 1 aliphatic rings. The van der Waals surface area contributed by atoms with Gasteiger partial charge in [-0.1, -0.05) is 13.0 Å². The molecule has 28 heavy (non-hydrogen) atoms. The van der Waals surface area contributed by atoms with Gasteiger partial charge in [0, 0.05) is 13.5 Å². The molecule has 2 rings (SSSR count). The summed E-state index contributed by atoms with van der Waals surface area (Å²) in [5.74, 6) is -0.720. The van der Waals surface area contributed by atoms with Gasteiger partial charge in [-0.2, -0.15) is 0 Å². The van der Waals surface area contributed by atoms with Crippen LogP contribution in [0.4, 0.5) is 4.39 Å². The molecule has 0 bridgehead atoms. The lowest BCUT2D eigenvalue weighted by atomic mass is 9.91. The van der Waals surface area contributed by atoms with Gasteiger partial charge in [0.05, 0.1) is 19.0 Å². The highest BCUT2D eigenvalue weighted by Gasteiger charge is 2.30. The maximum absolute atomic E-state index is 14.0. The Morgan fingerprint density at radius 3 is 2.71 bits per heavy atom. The van der Waals surface area contributed by atoms with Crippen LogP contribution in [-0.2, 0) is 25.2 Å². The third kappa shape index (κ3) is 7.03. The van der Waals surface area contributed by atoms with Crippen molar-refractivity contribution >= 4 is 16.0 Å². The average Bonchev–Trinajstić information content (AvgIpc) is 3.47. The Balaban J connectivity index is 1.99. The van der Waals surface area contributed by atoms with Gasteiger partial charge in [-0.25, -0.2) is 17.5 Å². The smallest absolute Gasteiger partial charge is 0.302 e. The van der Waals surface area contributed by atoms with Crippen LogP contribution >= 0.6 is 0 Å². The molecule has 0 saturated heterocycles. The van der Waals surface area contributed by atoms with E-state index in [-0.39, 0.29) is 37.5 Å². The van der Waals surface area contributed by atoms with Crippen LogP contribution in [0.1, 0.15) is 45.1 Å². The molecule has 7 nitrogen and oxygen atoms in total. The van der Waals surface area contributed by atoms with Gasteiger partial charge in [-0.3, -0.25) is 4.79 Å². The van der Waals surface area contributed by atoms with Crippen LogP contribution in [0.3, 0.4) is 0 Å². The molecule has 0 aromatic heterocycles. The largest absolute Gasteiger partial charge is 0.490 e. The topological polar surface area (TPSA) is 102 Å². The number of aliphatic hydroxyl groups is 1. The average molecular weight is 417 g/mol. The molecule has 1 aliphatic carbocycles. The Labute approximate surface area is 165 Å². The molecule has 1 saturated carbocycles. The first-order valence-corrected chi connectivity index (χ1v) is 11.1. The van der Waals surface area contributed by atoms with E-state index in [1.807, 2.05) is 0 Å². The molecule has 0 aliphatic heterocycles.